The van der Waals surface area contributed by atoms with Gasteiger partial charge in [-0.3, -0.25) is 4.79 Å². The van der Waals surface area contributed by atoms with Crippen LogP contribution in [0.5, 0.6) is 5.75 Å². The van der Waals surface area contributed by atoms with E-state index in [2.05, 4.69) is 5.32 Å². The Morgan fingerprint density at radius 2 is 2.18 bits per heavy atom. The molecule has 3 nitrogen and oxygen atoms in total. The minimum atomic E-state index is -0.400. The zero-order valence-corrected chi connectivity index (χ0v) is 10.4. The van der Waals surface area contributed by atoms with Crippen molar-refractivity contribution in [2.45, 2.75) is 27.3 Å². The van der Waals surface area contributed by atoms with E-state index in [9.17, 15) is 9.18 Å². The van der Waals surface area contributed by atoms with Gasteiger partial charge in [-0.2, -0.15) is 0 Å². The van der Waals surface area contributed by atoms with E-state index in [1.165, 1.54) is 6.07 Å². The van der Waals surface area contributed by atoms with Gasteiger partial charge in [0.2, 0.25) is 5.91 Å². The van der Waals surface area contributed by atoms with Crippen molar-refractivity contribution in [2.75, 3.05) is 6.61 Å². The Morgan fingerprint density at radius 3 is 2.71 bits per heavy atom. The van der Waals surface area contributed by atoms with Crippen molar-refractivity contribution in [3.8, 4) is 5.75 Å². The summed E-state index contributed by atoms with van der Waals surface area (Å²) >= 11 is 0. The second-order valence-electron chi connectivity index (χ2n) is 4.07. The first-order valence-corrected chi connectivity index (χ1v) is 5.73. The highest BCUT2D eigenvalue weighted by Gasteiger charge is 2.08. The summed E-state index contributed by atoms with van der Waals surface area (Å²) in [5.41, 5.74) is 0.722. The van der Waals surface area contributed by atoms with Crippen molar-refractivity contribution < 1.29 is 13.9 Å². The lowest BCUT2D eigenvalue weighted by Gasteiger charge is -2.09. The molecule has 0 heterocycles. The average molecular weight is 239 g/mol. The summed E-state index contributed by atoms with van der Waals surface area (Å²) in [6.45, 7) is 6.19. The normalized spacial score (nSPS) is 10.4. The van der Waals surface area contributed by atoms with Crippen molar-refractivity contribution in [3.05, 3.63) is 29.6 Å². The molecule has 1 aromatic rings. The number of benzene rings is 1. The smallest absolute Gasteiger partial charge is 0.222 e. The van der Waals surface area contributed by atoms with Crippen molar-refractivity contribution in [3.63, 3.8) is 0 Å². The van der Waals surface area contributed by atoms with Gasteiger partial charge in [0.05, 0.1) is 6.61 Å². The fraction of sp³-hybridized carbons (Fsp3) is 0.462. The number of carbonyl (C=O) groups excluding carboxylic acids is 1. The topological polar surface area (TPSA) is 38.3 Å². The lowest BCUT2D eigenvalue weighted by molar-refractivity contribution is -0.124. The fourth-order valence-corrected chi connectivity index (χ4v) is 1.32. The highest BCUT2D eigenvalue weighted by atomic mass is 19.1. The van der Waals surface area contributed by atoms with Crippen LogP contribution in [0.4, 0.5) is 4.39 Å². The molecule has 0 atom stereocenters. The Balaban J connectivity index is 2.61. The molecule has 0 saturated heterocycles. The first kappa shape index (κ1) is 13.5. The van der Waals surface area contributed by atoms with Crippen molar-refractivity contribution >= 4 is 5.91 Å². The molecule has 0 bridgehead atoms. The van der Waals surface area contributed by atoms with Crippen LogP contribution >= 0.6 is 0 Å². The summed E-state index contributed by atoms with van der Waals surface area (Å²) in [6.07, 6.45) is 0. The van der Waals surface area contributed by atoms with E-state index in [4.69, 9.17) is 4.74 Å². The molecule has 0 unspecified atom stereocenters. The molecule has 1 rings (SSSR count). The Morgan fingerprint density at radius 1 is 1.47 bits per heavy atom. The SMILES string of the molecule is CCOc1ccc(CNC(=O)C(C)C)cc1F. The third-order valence-electron chi connectivity index (χ3n) is 2.29. The van der Waals surface area contributed by atoms with Crippen LogP contribution in [0.2, 0.25) is 0 Å². The second kappa shape index (κ2) is 6.23. The number of ether oxygens (including phenoxy) is 1. The van der Waals surface area contributed by atoms with Crippen molar-refractivity contribution in [1.82, 2.24) is 5.32 Å². The summed E-state index contributed by atoms with van der Waals surface area (Å²) < 4.78 is 18.6. The summed E-state index contributed by atoms with van der Waals surface area (Å²) in [7, 11) is 0. The van der Waals surface area contributed by atoms with Crippen LogP contribution in [0.25, 0.3) is 0 Å². The number of hydrogen-bond acceptors (Lipinski definition) is 2. The van der Waals surface area contributed by atoms with E-state index in [1.807, 2.05) is 13.8 Å². The summed E-state index contributed by atoms with van der Waals surface area (Å²) in [6, 6.07) is 4.70. The van der Waals surface area contributed by atoms with Crippen LogP contribution in [-0.4, -0.2) is 12.5 Å². The van der Waals surface area contributed by atoms with E-state index in [0.717, 1.165) is 5.56 Å². The molecule has 0 aliphatic carbocycles. The number of nitrogens with one attached hydrogen (secondary N) is 1. The van der Waals surface area contributed by atoms with Crippen LogP contribution < -0.4 is 10.1 Å². The van der Waals surface area contributed by atoms with Gasteiger partial charge in [-0.1, -0.05) is 19.9 Å². The Bertz CT molecular complexity index is 391. The standard InChI is InChI=1S/C13H18FNO2/c1-4-17-12-6-5-10(7-11(12)14)8-15-13(16)9(2)3/h5-7,9H,4,8H2,1-3H3,(H,15,16). The molecule has 0 fully saturated rings. The number of rotatable bonds is 5. The average Bonchev–Trinajstić information content (AvgIpc) is 2.29. The third kappa shape index (κ3) is 4.06. The van der Waals surface area contributed by atoms with Crippen LogP contribution in [0.1, 0.15) is 26.3 Å². The molecular weight excluding hydrogens is 221 g/mol. The molecule has 0 aliphatic heterocycles. The predicted molar refractivity (Wildman–Crippen MR) is 64.3 cm³/mol. The van der Waals surface area contributed by atoms with E-state index < -0.39 is 5.82 Å². The Hall–Kier alpha value is -1.58. The van der Waals surface area contributed by atoms with Gasteiger partial charge in [-0.15, -0.1) is 0 Å². The minimum absolute atomic E-state index is 0.0423. The molecule has 1 amide bonds. The van der Waals surface area contributed by atoms with Crippen LogP contribution in [-0.2, 0) is 11.3 Å². The van der Waals surface area contributed by atoms with Gasteiger partial charge in [-0.05, 0) is 24.6 Å². The number of halogens is 1. The quantitative estimate of drug-likeness (QED) is 0.857. The molecule has 0 saturated carbocycles. The first-order valence-electron chi connectivity index (χ1n) is 5.73. The highest BCUT2D eigenvalue weighted by molar-refractivity contribution is 5.77. The molecule has 0 aliphatic rings. The maximum Gasteiger partial charge on any atom is 0.222 e. The molecule has 0 spiro atoms. The summed E-state index contributed by atoms with van der Waals surface area (Å²) in [4.78, 5) is 11.3. The van der Waals surface area contributed by atoms with Gasteiger partial charge in [-0.25, -0.2) is 4.39 Å². The fourth-order valence-electron chi connectivity index (χ4n) is 1.32. The monoisotopic (exact) mass is 239 g/mol. The molecule has 1 aromatic carbocycles. The zero-order valence-electron chi connectivity index (χ0n) is 10.4. The largest absolute Gasteiger partial charge is 0.491 e. The highest BCUT2D eigenvalue weighted by Crippen LogP contribution is 2.18. The zero-order chi connectivity index (χ0) is 12.8. The summed E-state index contributed by atoms with van der Waals surface area (Å²) in [5.74, 6) is -0.267. The van der Waals surface area contributed by atoms with E-state index >= 15 is 0 Å². The van der Waals surface area contributed by atoms with Crippen LogP contribution in [0.15, 0.2) is 18.2 Å². The van der Waals surface area contributed by atoms with Gasteiger partial charge in [0, 0.05) is 12.5 Å². The molecule has 0 radical (unpaired) electrons. The van der Waals surface area contributed by atoms with E-state index in [-0.39, 0.29) is 17.6 Å². The maximum absolute atomic E-state index is 13.5. The number of amides is 1. The van der Waals surface area contributed by atoms with Crippen LogP contribution in [0, 0.1) is 11.7 Å². The molecule has 17 heavy (non-hydrogen) atoms. The van der Waals surface area contributed by atoms with Gasteiger partial charge < -0.3 is 10.1 Å². The van der Waals surface area contributed by atoms with Crippen molar-refractivity contribution in [2.24, 2.45) is 5.92 Å². The number of carbonyl (C=O) groups is 1. The lowest BCUT2D eigenvalue weighted by atomic mass is 10.1. The predicted octanol–water partition coefficient (Wildman–Crippen LogP) is 2.50. The Labute approximate surface area is 101 Å². The first-order chi connectivity index (χ1) is 8.04. The third-order valence-corrected chi connectivity index (χ3v) is 2.29. The van der Waals surface area contributed by atoms with Gasteiger partial charge >= 0.3 is 0 Å². The molecule has 0 aromatic heterocycles. The minimum Gasteiger partial charge on any atom is -0.491 e. The summed E-state index contributed by atoms with van der Waals surface area (Å²) in [5, 5.41) is 2.73. The lowest BCUT2D eigenvalue weighted by Crippen LogP contribution is -2.27. The Kier molecular flexibility index (Phi) is 4.94. The molecule has 4 heteroatoms. The van der Waals surface area contributed by atoms with E-state index in [0.29, 0.717) is 13.2 Å². The molecular formula is C13H18FNO2. The van der Waals surface area contributed by atoms with Gasteiger partial charge in [0.25, 0.3) is 0 Å². The number of hydrogen-bond donors (Lipinski definition) is 1. The van der Waals surface area contributed by atoms with Gasteiger partial charge in [0.1, 0.15) is 0 Å². The maximum atomic E-state index is 13.5. The molecule has 94 valence electrons. The van der Waals surface area contributed by atoms with Gasteiger partial charge in [0.15, 0.2) is 11.6 Å². The van der Waals surface area contributed by atoms with Crippen LogP contribution in [0.3, 0.4) is 0 Å². The second-order valence-corrected chi connectivity index (χ2v) is 4.07. The van der Waals surface area contributed by atoms with Crippen molar-refractivity contribution in [1.29, 1.82) is 0 Å². The molecule has 1 N–H and O–H groups in total. The van der Waals surface area contributed by atoms with E-state index in [1.54, 1.807) is 19.1 Å².